The van der Waals surface area contributed by atoms with E-state index in [-0.39, 0.29) is 18.0 Å². The zero-order valence-electron chi connectivity index (χ0n) is 12.2. The number of hydrogen-bond acceptors (Lipinski definition) is 3. The number of carbonyl (C=O) groups is 1. The van der Waals surface area contributed by atoms with Crippen molar-refractivity contribution in [3.63, 3.8) is 0 Å². The highest BCUT2D eigenvalue weighted by Crippen LogP contribution is 2.11. The smallest absolute Gasteiger partial charge is 0.261 e. The molecule has 3 rings (SSSR count). The fourth-order valence-electron chi connectivity index (χ4n) is 2.28. The average molecular weight is 372 g/mol. The van der Waals surface area contributed by atoms with Crippen LogP contribution < -0.4 is 10.9 Å². The number of benzene rings is 2. The minimum atomic E-state index is -0.232. The van der Waals surface area contributed by atoms with Crippen molar-refractivity contribution in [2.24, 2.45) is 0 Å². The first kappa shape index (κ1) is 15.4. The van der Waals surface area contributed by atoms with Crippen molar-refractivity contribution in [1.29, 1.82) is 0 Å². The topological polar surface area (TPSA) is 64.0 Å². The van der Waals surface area contributed by atoms with E-state index in [1.807, 2.05) is 30.3 Å². The average Bonchev–Trinajstić information content (AvgIpc) is 2.56. The Hall–Kier alpha value is -2.47. The summed E-state index contributed by atoms with van der Waals surface area (Å²) in [5, 5.41) is 3.31. The van der Waals surface area contributed by atoms with E-state index in [0.29, 0.717) is 17.4 Å². The van der Waals surface area contributed by atoms with Crippen LogP contribution >= 0.6 is 15.9 Å². The van der Waals surface area contributed by atoms with E-state index < -0.39 is 0 Å². The van der Waals surface area contributed by atoms with Crippen molar-refractivity contribution in [3.05, 3.63) is 75.2 Å². The van der Waals surface area contributed by atoms with E-state index in [1.165, 1.54) is 10.9 Å². The van der Waals surface area contributed by atoms with Gasteiger partial charge in [0, 0.05) is 11.0 Å². The van der Waals surface area contributed by atoms with Gasteiger partial charge in [-0.15, -0.1) is 0 Å². The molecule has 0 unspecified atom stereocenters. The summed E-state index contributed by atoms with van der Waals surface area (Å²) in [5.74, 6) is -0.232. The fraction of sp³-hybridized carbons (Fsp3) is 0.118. The molecule has 0 spiro atoms. The second kappa shape index (κ2) is 6.75. The summed E-state index contributed by atoms with van der Waals surface area (Å²) >= 11 is 3.39. The lowest BCUT2D eigenvalue weighted by atomic mass is 10.2. The summed E-state index contributed by atoms with van der Waals surface area (Å²) in [6, 6.07) is 14.8. The molecule has 0 aliphatic heterocycles. The number of amides is 1. The minimum absolute atomic E-state index is 0.0509. The van der Waals surface area contributed by atoms with Crippen molar-refractivity contribution < 1.29 is 4.79 Å². The molecule has 1 heterocycles. The second-order valence-corrected chi connectivity index (χ2v) is 6.02. The molecular weight excluding hydrogens is 358 g/mol. The molecule has 116 valence electrons. The van der Waals surface area contributed by atoms with Gasteiger partial charge in [-0.05, 0) is 29.8 Å². The van der Waals surface area contributed by atoms with E-state index in [1.54, 1.807) is 18.2 Å². The zero-order chi connectivity index (χ0) is 16.2. The van der Waals surface area contributed by atoms with Crippen LogP contribution in [-0.4, -0.2) is 15.5 Å². The van der Waals surface area contributed by atoms with Crippen molar-refractivity contribution in [2.45, 2.75) is 13.1 Å². The van der Waals surface area contributed by atoms with Gasteiger partial charge in [-0.3, -0.25) is 14.2 Å². The Labute approximate surface area is 141 Å². The van der Waals surface area contributed by atoms with E-state index in [9.17, 15) is 9.59 Å². The lowest BCUT2D eigenvalue weighted by molar-refractivity contribution is -0.121. The third kappa shape index (κ3) is 3.65. The van der Waals surface area contributed by atoms with E-state index in [2.05, 4.69) is 26.2 Å². The first-order chi connectivity index (χ1) is 11.1. The standard InChI is InChI=1S/C17H14BrN3O2/c18-13-5-3-4-12(8-13)9-19-16(22)10-21-11-20-15-7-2-1-6-14(15)17(21)23/h1-8,11H,9-10H2,(H,19,22). The summed E-state index contributed by atoms with van der Waals surface area (Å²) < 4.78 is 2.28. The fourth-order valence-corrected chi connectivity index (χ4v) is 2.72. The number of nitrogens with one attached hydrogen (secondary N) is 1. The third-order valence-electron chi connectivity index (χ3n) is 3.42. The summed E-state index contributed by atoms with van der Waals surface area (Å²) in [6.07, 6.45) is 1.41. The third-order valence-corrected chi connectivity index (χ3v) is 3.92. The van der Waals surface area contributed by atoms with Gasteiger partial charge in [0.25, 0.3) is 5.56 Å². The molecule has 0 aliphatic carbocycles. The van der Waals surface area contributed by atoms with Crippen molar-refractivity contribution in [3.8, 4) is 0 Å². The summed E-state index contributed by atoms with van der Waals surface area (Å²) in [5.41, 5.74) is 1.40. The summed E-state index contributed by atoms with van der Waals surface area (Å²) in [4.78, 5) is 28.6. The molecule has 23 heavy (non-hydrogen) atoms. The van der Waals surface area contributed by atoms with Crippen LogP contribution in [0.2, 0.25) is 0 Å². The maximum atomic E-state index is 12.3. The van der Waals surface area contributed by atoms with Crippen LogP contribution in [0.4, 0.5) is 0 Å². The highest BCUT2D eigenvalue weighted by atomic mass is 79.9. The van der Waals surface area contributed by atoms with E-state index in [0.717, 1.165) is 10.0 Å². The first-order valence-electron chi connectivity index (χ1n) is 7.09. The Balaban J connectivity index is 1.71. The number of fused-ring (bicyclic) bond motifs is 1. The van der Waals surface area contributed by atoms with Gasteiger partial charge in [-0.1, -0.05) is 40.2 Å². The Kier molecular flexibility index (Phi) is 4.52. The van der Waals surface area contributed by atoms with Crippen molar-refractivity contribution in [2.75, 3.05) is 0 Å². The molecule has 0 radical (unpaired) electrons. The summed E-state index contributed by atoms with van der Waals surface area (Å²) in [6.45, 7) is 0.360. The van der Waals surface area contributed by atoms with Gasteiger partial charge < -0.3 is 5.32 Å². The Morgan fingerprint density at radius 3 is 2.83 bits per heavy atom. The number of rotatable bonds is 4. The largest absolute Gasteiger partial charge is 0.350 e. The number of hydrogen-bond donors (Lipinski definition) is 1. The van der Waals surface area contributed by atoms with Gasteiger partial charge in [-0.25, -0.2) is 4.98 Å². The molecule has 1 N–H and O–H groups in total. The lowest BCUT2D eigenvalue weighted by Gasteiger charge is -2.08. The van der Waals surface area contributed by atoms with Crippen molar-refractivity contribution in [1.82, 2.24) is 14.9 Å². The predicted octanol–water partition coefficient (Wildman–Crippen LogP) is 2.48. The highest BCUT2D eigenvalue weighted by Gasteiger charge is 2.07. The molecule has 0 saturated heterocycles. The Bertz CT molecular complexity index is 921. The quantitative estimate of drug-likeness (QED) is 0.765. The van der Waals surface area contributed by atoms with E-state index >= 15 is 0 Å². The van der Waals surface area contributed by atoms with Gasteiger partial charge in [0.05, 0.1) is 17.2 Å². The Morgan fingerprint density at radius 2 is 2.00 bits per heavy atom. The van der Waals surface area contributed by atoms with Crippen LogP contribution in [0.5, 0.6) is 0 Å². The SMILES string of the molecule is O=C(Cn1cnc2ccccc2c1=O)NCc1cccc(Br)c1. The van der Waals surface area contributed by atoms with Crippen LogP contribution in [0.15, 0.2) is 64.1 Å². The lowest BCUT2D eigenvalue weighted by Crippen LogP contribution is -2.32. The maximum absolute atomic E-state index is 12.3. The van der Waals surface area contributed by atoms with Crippen LogP contribution in [0.25, 0.3) is 10.9 Å². The molecule has 0 fully saturated rings. The van der Waals surface area contributed by atoms with Gasteiger partial charge in [0.2, 0.25) is 5.91 Å². The van der Waals surface area contributed by atoms with Crippen LogP contribution in [0, 0.1) is 0 Å². The molecule has 6 heteroatoms. The monoisotopic (exact) mass is 371 g/mol. The Morgan fingerprint density at radius 1 is 1.17 bits per heavy atom. The molecule has 5 nitrogen and oxygen atoms in total. The molecule has 0 atom stereocenters. The van der Waals surface area contributed by atoms with Crippen molar-refractivity contribution >= 4 is 32.7 Å². The molecule has 1 amide bonds. The maximum Gasteiger partial charge on any atom is 0.261 e. The molecule has 1 aromatic heterocycles. The predicted molar refractivity (Wildman–Crippen MR) is 92.0 cm³/mol. The zero-order valence-corrected chi connectivity index (χ0v) is 13.8. The molecule has 0 bridgehead atoms. The van der Waals surface area contributed by atoms with Gasteiger partial charge in [-0.2, -0.15) is 0 Å². The number of aromatic nitrogens is 2. The number of halogens is 1. The van der Waals surface area contributed by atoms with Crippen LogP contribution in [0.3, 0.4) is 0 Å². The number of carbonyl (C=O) groups excluding carboxylic acids is 1. The minimum Gasteiger partial charge on any atom is -0.350 e. The molecule has 3 aromatic rings. The highest BCUT2D eigenvalue weighted by molar-refractivity contribution is 9.10. The first-order valence-corrected chi connectivity index (χ1v) is 7.88. The summed E-state index contributed by atoms with van der Waals surface area (Å²) in [7, 11) is 0. The normalized spacial score (nSPS) is 10.7. The molecular formula is C17H14BrN3O2. The van der Waals surface area contributed by atoms with Crippen LogP contribution in [-0.2, 0) is 17.9 Å². The molecule has 0 saturated carbocycles. The van der Waals surface area contributed by atoms with Gasteiger partial charge in [0.15, 0.2) is 0 Å². The van der Waals surface area contributed by atoms with Crippen LogP contribution in [0.1, 0.15) is 5.56 Å². The van der Waals surface area contributed by atoms with E-state index in [4.69, 9.17) is 0 Å². The molecule has 0 aliphatic rings. The molecule has 2 aromatic carbocycles. The van der Waals surface area contributed by atoms with Gasteiger partial charge in [0.1, 0.15) is 6.54 Å². The number of para-hydroxylation sites is 1. The number of nitrogens with zero attached hydrogens (tertiary/aromatic N) is 2. The second-order valence-electron chi connectivity index (χ2n) is 5.10. The van der Waals surface area contributed by atoms with Gasteiger partial charge >= 0.3 is 0 Å².